The van der Waals surface area contributed by atoms with Gasteiger partial charge in [0, 0.05) is 5.56 Å². The molecule has 1 N–H and O–H groups in total. The molecule has 1 saturated heterocycles. The van der Waals surface area contributed by atoms with Gasteiger partial charge in [0.2, 0.25) is 9.84 Å². The Morgan fingerprint density at radius 1 is 1.26 bits per heavy atom. The van der Waals surface area contributed by atoms with Crippen molar-refractivity contribution in [3.63, 3.8) is 0 Å². The number of nitrogens with one attached hydrogen (secondary N) is 1. The van der Waals surface area contributed by atoms with Crippen molar-refractivity contribution < 1.29 is 30.4 Å². The van der Waals surface area contributed by atoms with Crippen molar-refractivity contribution in [2.75, 3.05) is 11.5 Å². The molecule has 23 heavy (non-hydrogen) atoms. The summed E-state index contributed by atoms with van der Waals surface area (Å²) in [5, 5.41) is 2.59. The van der Waals surface area contributed by atoms with E-state index >= 15 is 0 Å². The number of carbonyl (C=O) groups is 1. The molecule has 6 nitrogen and oxygen atoms in total. The van der Waals surface area contributed by atoms with E-state index in [0.717, 1.165) is 24.3 Å². The molecule has 0 aliphatic carbocycles. The fourth-order valence-corrected chi connectivity index (χ4v) is 5.17. The van der Waals surface area contributed by atoms with Gasteiger partial charge in [0.15, 0.2) is 9.84 Å². The van der Waals surface area contributed by atoms with E-state index in [1.54, 1.807) is 6.92 Å². The Balaban J connectivity index is 2.16. The molecule has 1 aromatic carbocycles. The summed E-state index contributed by atoms with van der Waals surface area (Å²) in [5.41, 5.74) is -0.840. The monoisotopic (exact) mass is 367 g/mol. The first kappa shape index (κ1) is 17.8. The number of hydrogen-bond donors (Lipinski definition) is 1. The number of halogens is 2. The maximum atomic E-state index is 12.4. The van der Waals surface area contributed by atoms with Gasteiger partial charge in [0.1, 0.15) is 0 Å². The first-order valence-electron chi connectivity index (χ1n) is 6.60. The molecular formula is C13H15F2NO5S2. The van der Waals surface area contributed by atoms with Crippen molar-refractivity contribution in [1.82, 2.24) is 5.32 Å². The summed E-state index contributed by atoms with van der Waals surface area (Å²) in [7, 11) is -7.91. The van der Waals surface area contributed by atoms with Gasteiger partial charge in [-0.05, 0) is 37.6 Å². The fraction of sp³-hybridized carbons (Fsp3) is 0.462. The summed E-state index contributed by atoms with van der Waals surface area (Å²) in [6.07, 6.45) is 0.277. The Morgan fingerprint density at radius 2 is 1.83 bits per heavy atom. The molecule has 0 saturated carbocycles. The number of carbonyl (C=O) groups excluding carboxylic acids is 1. The third-order valence-corrected chi connectivity index (χ3v) is 6.90. The van der Waals surface area contributed by atoms with E-state index in [1.165, 1.54) is 0 Å². The second kappa shape index (κ2) is 5.82. The lowest BCUT2D eigenvalue weighted by molar-refractivity contribution is 0.0915. The van der Waals surface area contributed by atoms with Crippen LogP contribution in [0.1, 0.15) is 23.7 Å². The number of sulfone groups is 2. The Bertz CT molecular complexity index is 818. The van der Waals surface area contributed by atoms with Crippen LogP contribution in [0.5, 0.6) is 0 Å². The minimum atomic E-state index is -4.71. The average Bonchev–Trinajstić information content (AvgIpc) is 2.72. The fourth-order valence-electron chi connectivity index (χ4n) is 2.35. The van der Waals surface area contributed by atoms with Crippen molar-refractivity contribution >= 4 is 25.6 Å². The van der Waals surface area contributed by atoms with Crippen LogP contribution in [-0.4, -0.2) is 45.5 Å². The van der Waals surface area contributed by atoms with Gasteiger partial charge >= 0.3 is 5.76 Å². The van der Waals surface area contributed by atoms with Crippen LogP contribution in [0, 0.1) is 0 Å². The lowest BCUT2D eigenvalue weighted by atomic mass is 10.0. The van der Waals surface area contributed by atoms with Crippen LogP contribution < -0.4 is 5.32 Å². The second-order valence-corrected chi connectivity index (χ2v) is 9.79. The van der Waals surface area contributed by atoms with Crippen molar-refractivity contribution in [3.8, 4) is 0 Å². The van der Waals surface area contributed by atoms with Crippen LogP contribution in [0.25, 0.3) is 0 Å². The van der Waals surface area contributed by atoms with Crippen molar-refractivity contribution in [1.29, 1.82) is 0 Å². The van der Waals surface area contributed by atoms with Gasteiger partial charge in [-0.3, -0.25) is 4.79 Å². The minimum Gasteiger partial charge on any atom is -0.346 e. The van der Waals surface area contributed by atoms with Gasteiger partial charge < -0.3 is 5.32 Å². The molecule has 1 unspecified atom stereocenters. The number of amides is 1. The van der Waals surface area contributed by atoms with Crippen molar-refractivity contribution in [3.05, 3.63) is 29.8 Å². The van der Waals surface area contributed by atoms with Crippen molar-refractivity contribution in [2.45, 2.75) is 29.5 Å². The quantitative estimate of drug-likeness (QED) is 0.856. The van der Waals surface area contributed by atoms with E-state index in [2.05, 4.69) is 5.32 Å². The van der Waals surface area contributed by atoms with Crippen molar-refractivity contribution in [2.24, 2.45) is 0 Å². The predicted octanol–water partition coefficient (Wildman–Crippen LogP) is 0.990. The summed E-state index contributed by atoms with van der Waals surface area (Å²) >= 11 is 0. The molecule has 1 heterocycles. The summed E-state index contributed by atoms with van der Waals surface area (Å²) in [4.78, 5) is 11.5. The molecule has 128 valence electrons. The predicted molar refractivity (Wildman–Crippen MR) is 78.8 cm³/mol. The zero-order valence-electron chi connectivity index (χ0n) is 12.1. The van der Waals surface area contributed by atoms with Gasteiger partial charge in [-0.25, -0.2) is 16.8 Å². The van der Waals surface area contributed by atoms with Crippen LogP contribution in [0.2, 0.25) is 0 Å². The zero-order chi connectivity index (χ0) is 17.5. The van der Waals surface area contributed by atoms with E-state index in [1.807, 2.05) is 0 Å². The zero-order valence-corrected chi connectivity index (χ0v) is 13.8. The van der Waals surface area contributed by atoms with E-state index in [4.69, 9.17) is 0 Å². The molecule has 0 aromatic heterocycles. The minimum absolute atomic E-state index is 0.0185. The van der Waals surface area contributed by atoms with Crippen LogP contribution in [-0.2, 0) is 19.7 Å². The number of rotatable bonds is 4. The third kappa shape index (κ3) is 3.86. The molecule has 2 rings (SSSR count). The van der Waals surface area contributed by atoms with Gasteiger partial charge in [0.25, 0.3) is 5.91 Å². The highest BCUT2D eigenvalue weighted by atomic mass is 32.2. The number of hydrogen-bond acceptors (Lipinski definition) is 5. The largest absolute Gasteiger partial charge is 0.346 e. The molecule has 1 atom stereocenters. The standard InChI is InChI=1S/C13H15F2NO5S2/c1-13(6-7-22(18,19)8-13)16-11(17)9-2-4-10(5-3-9)23(20,21)12(14)15/h2-5,12H,6-8H2,1H3,(H,16,17). The number of alkyl halides is 2. The first-order chi connectivity index (χ1) is 10.5. The first-order valence-corrected chi connectivity index (χ1v) is 9.97. The van der Waals surface area contributed by atoms with E-state index in [9.17, 15) is 30.4 Å². The molecule has 1 aliphatic heterocycles. The molecule has 1 amide bonds. The Labute approximate surface area is 132 Å². The van der Waals surface area contributed by atoms with E-state index in [-0.39, 0.29) is 23.5 Å². The molecule has 1 aromatic rings. The van der Waals surface area contributed by atoms with E-state index < -0.39 is 41.8 Å². The Morgan fingerprint density at radius 3 is 2.26 bits per heavy atom. The third-order valence-electron chi connectivity index (χ3n) is 3.60. The smallest absolute Gasteiger partial charge is 0.341 e. The van der Waals surface area contributed by atoms with Gasteiger partial charge in [-0.15, -0.1) is 0 Å². The molecule has 0 bridgehead atoms. The summed E-state index contributed by atoms with van der Waals surface area (Å²) < 4.78 is 70.4. The summed E-state index contributed by atoms with van der Waals surface area (Å²) in [6, 6.07) is 4.06. The maximum Gasteiger partial charge on any atom is 0.341 e. The molecule has 10 heteroatoms. The maximum absolute atomic E-state index is 12.4. The Kier molecular flexibility index (Phi) is 4.51. The highest BCUT2D eigenvalue weighted by Gasteiger charge is 2.39. The second-order valence-electron chi connectivity index (χ2n) is 5.69. The van der Waals surface area contributed by atoms with Crippen LogP contribution >= 0.6 is 0 Å². The molecule has 1 fully saturated rings. The number of benzene rings is 1. The summed E-state index contributed by atoms with van der Waals surface area (Å²) in [6.45, 7) is 1.60. The lowest BCUT2D eigenvalue weighted by Crippen LogP contribution is -2.46. The SMILES string of the molecule is CC1(NC(=O)c2ccc(S(=O)(=O)C(F)F)cc2)CCS(=O)(=O)C1. The van der Waals surface area contributed by atoms with Crippen LogP contribution in [0.3, 0.4) is 0 Å². The van der Waals surface area contributed by atoms with Gasteiger partial charge in [-0.1, -0.05) is 0 Å². The molecule has 0 radical (unpaired) electrons. The molecule has 0 spiro atoms. The summed E-state index contributed by atoms with van der Waals surface area (Å²) in [5.74, 6) is -4.32. The van der Waals surface area contributed by atoms with Crippen LogP contribution in [0.15, 0.2) is 29.2 Å². The average molecular weight is 367 g/mol. The topological polar surface area (TPSA) is 97.4 Å². The van der Waals surface area contributed by atoms with Gasteiger partial charge in [0.05, 0.1) is 21.9 Å². The highest BCUT2D eigenvalue weighted by molar-refractivity contribution is 7.92. The van der Waals surface area contributed by atoms with Gasteiger partial charge in [-0.2, -0.15) is 8.78 Å². The Hall–Kier alpha value is -1.55. The lowest BCUT2D eigenvalue weighted by Gasteiger charge is -2.23. The normalized spacial score (nSPS) is 23.8. The van der Waals surface area contributed by atoms with Crippen LogP contribution in [0.4, 0.5) is 8.78 Å². The highest BCUT2D eigenvalue weighted by Crippen LogP contribution is 2.24. The molecular weight excluding hydrogens is 352 g/mol. The van der Waals surface area contributed by atoms with E-state index in [0.29, 0.717) is 0 Å². The molecule has 1 aliphatic rings.